The molecule has 0 aromatic carbocycles. The van der Waals surface area contributed by atoms with E-state index in [1.807, 2.05) is 0 Å². The third-order valence-corrected chi connectivity index (χ3v) is 2.94. The molecule has 0 aliphatic carbocycles. The molecular formula is C11H13NO3S. The number of thiophene rings is 1. The molecule has 86 valence electrons. The van der Waals surface area contributed by atoms with Gasteiger partial charge in [-0.3, -0.25) is 4.79 Å². The minimum absolute atomic E-state index is 0.295. The number of ether oxygens (including phenoxy) is 1. The lowest BCUT2D eigenvalue weighted by molar-refractivity contribution is -0.111. The van der Waals surface area contributed by atoms with Gasteiger partial charge in [0, 0.05) is 0 Å². The van der Waals surface area contributed by atoms with E-state index in [0.29, 0.717) is 16.5 Å². The molecule has 1 amide bonds. The Hall–Kier alpha value is -1.62. The van der Waals surface area contributed by atoms with Crippen molar-refractivity contribution in [3.05, 3.63) is 29.2 Å². The van der Waals surface area contributed by atoms with Crippen molar-refractivity contribution in [2.45, 2.75) is 13.8 Å². The van der Waals surface area contributed by atoms with Gasteiger partial charge in [-0.15, -0.1) is 11.3 Å². The van der Waals surface area contributed by atoms with Gasteiger partial charge in [-0.25, -0.2) is 4.79 Å². The van der Waals surface area contributed by atoms with Gasteiger partial charge in [0.05, 0.1) is 11.6 Å². The molecule has 16 heavy (non-hydrogen) atoms. The third kappa shape index (κ3) is 2.93. The fraction of sp³-hybridized carbons (Fsp3) is 0.273. The first-order chi connectivity index (χ1) is 7.58. The van der Waals surface area contributed by atoms with E-state index >= 15 is 0 Å². The van der Waals surface area contributed by atoms with Gasteiger partial charge in [-0.1, -0.05) is 6.58 Å². The van der Waals surface area contributed by atoms with Crippen molar-refractivity contribution in [1.29, 1.82) is 0 Å². The van der Waals surface area contributed by atoms with Crippen LogP contribution >= 0.6 is 11.3 Å². The van der Waals surface area contributed by atoms with E-state index in [1.54, 1.807) is 19.9 Å². The fourth-order valence-electron chi connectivity index (χ4n) is 1.12. The first-order valence-electron chi connectivity index (χ1n) is 4.79. The number of carbonyl (C=O) groups excluding carboxylic acids is 2. The van der Waals surface area contributed by atoms with E-state index in [1.165, 1.54) is 17.4 Å². The van der Waals surface area contributed by atoms with Crippen LogP contribution in [0.15, 0.2) is 18.7 Å². The quantitative estimate of drug-likeness (QED) is 0.648. The van der Waals surface area contributed by atoms with Gasteiger partial charge in [0.15, 0.2) is 0 Å². The van der Waals surface area contributed by atoms with Crippen LogP contribution in [-0.2, 0) is 9.53 Å². The molecule has 1 aromatic heterocycles. The molecule has 0 fully saturated rings. The molecule has 1 aromatic rings. The Bertz CT molecular complexity index is 423. The summed E-state index contributed by atoms with van der Waals surface area (Å²) in [5, 5.41) is 3.22. The second-order valence-corrected chi connectivity index (χ2v) is 4.09. The van der Waals surface area contributed by atoms with Crippen LogP contribution in [-0.4, -0.2) is 18.5 Å². The highest BCUT2D eigenvalue weighted by Gasteiger charge is 2.14. The highest BCUT2D eigenvalue weighted by molar-refractivity contribution is 7.18. The van der Waals surface area contributed by atoms with Crippen molar-refractivity contribution in [2.24, 2.45) is 0 Å². The van der Waals surface area contributed by atoms with Crippen LogP contribution < -0.4 is 5.32 Å². The van der Waals surface area contributed by atoms with E-state index in [9.17, 15) is 9.59 Å². The molecule has 0 radical (unpaired) electrons. The van der Waals surface area contributed by atoms with E-state index in [2.05, 4.69) is 11.9 Å². The standard InChI is InChI=1S/C11H13NO3S/c1-4-8(13)12-9-6-7(3)10(16-9)11(14)15-5-2/h4,6H,1,5H2,2-3H3,(H,12,13). The normalized spacial score (nSPS) is 9.62. The molecule has 4 nitrogen and oxygen atoms in total. The van der Waals surface area contributed by atoms with Gasteiger partial charge in [0.1, 0.15) is 4.88 Å². The summed E-state index contributed by atoms with van der Waals surface area (Å²) in [6.07, 6.45) is 1.18. The number of anilines is 1. The zero-order valence-corrected chi connectivity index (χ0v) is 10.0. The molecule has 0 bridgehead atoms. The van der Waals surface area contributed by atoms with Crippen molar-refractivity contribution in [3.63, 3.8) is 0 Å². The van der Waals surface area contributed by atoms with Crippen LogP contribution in [0.1, 0.15) is 22.2 Å². The minimum atomic E-state index is -0.357. The van der Waals surface area contributed by atoms with Crippen LogP contribution in [0.25, 0.3) is 0 Å². The topological polar surface area (TPSA) is 55.4 Å². The highest BCUT2D eigenvalue weighted by atomic mass is 32.1. The zero-order valence-electron chi connectivity index (χ0n) is 9.20. The van der Waals surface area contributed by atoms with Crippen LogP contribution in [0, 0.1) is 6.92 Å². The third-order valence-electron chi connectivity index (χ3n) is 1.81. The van der Waals surface area contributed by atoms with Crippen molar-refractivity contribution in [2.75, 3.05) is 11.9 Å². The molecule has 0 unspecified atom stereocenters. The number of rotatable bonds is 4. The average Bonchev–Trinajstić information content (AvgIpc) is 2.59. The summed E-state index contributed by atoms with van der Waals surface area (Å²) in [7, 11) is 0. The Labute approximate surface area is 97.9 Å². The van der Waals surface area contributed by atoms with Gasteiger partial charge in [0.25, 0.3) is 0 Å². The number of esters is 1. The molecular weight excluding hydrogens is 226 g/mol. The van der Waals surface area contributed by atoms with Crippen molar-refractivity contribution in [3.8, 4) is 0 Å². The summed E-state index contributed by atoms with van der Waals surface area (Å²) in [5.74, 6) is -0.652. The maximum atomic E-state index is 11.5. The van der Waals surface area contributed by atoms with Crippen LogP contribution in [0.3, 0.4) is 0 Å². The number of aryl methyl sites for hydroxylation is 1. The summed E-state index contributed by atoms with van der Waals surface area (Å²) >= 11 is 1.20. The molecule has 5 heteroatoms. The number of hydrogen-bond donors (Lipinski definition) is 1. The summed E-state index contributed by atoms with van der Waals surface area (Å²) in [5.41, 5.74) is 0.794. The molecule has 1 rings (SSSR count). The molecule has 0 aliphatic heterocycles. The largest absolute Gasteiger partial charge is 0.462 e. The van der Waals surface area contributed by atoms with E-state index in [0.717, 1.165) is 5.56 Å². The minimum Gasteiger partial charge on any atom is -0.462 e. The molecule has 1 heterocycles. The predicted molar refractivity (Wildman–Crippen MR) is 63.8 cm³/mol. The van der Waals surface area contributed by atoms with Crippen LogP contribution in [0.4, 0.5) is 5.00 Å². The van der Waals surface area contributed by atoms with E-state index < -0.39 is 0 Å². The molecule has 0 aliphatic rings. The molecule has 0 spiro atoms. The van der Waals surface area contributed by atoms with Gasteiger partial charge >= 0.3 is 5.97 Å². The Morgan fingerprint density at radius 2 is 2.31 bits per heavy atom. The zero-order chi connectivity index (χ0) is 12.1. The summed E-state index contributed by atoms with van der Waals surface area (Å²) in [4.78, 5) is 23.1. The Balaban J connectivity index is 2.85. The molecule has 1 N–H and O–H groups in total. The molecule has 0 atom stereocenters. The number of nitrogens with one attached hydrogen (secondary N) is 1. The first-order valence-corrected chi connectivity index (χ1v) is 5.61. The number of hydrogen-bond acceptors (Lipinski definition) is 4. The van der Waals surface area contributed by atoms with Crippen molar-refractivity contribution < 1.29 is 14.3 Å². The van der Waals surface area contributed by atoms with Gasteiger partial charge in [-0.2, -0.15) is 0 Å². The lowest BCUT2D eigenvalue weighted by Crippen LogP contribution is -2.05. The lowest BCUT2D eigenvalue weighted by Gasteiger charge is -1.98. The first kappa shape index (κ1) is 12.4. The maximum absolute atomic E-state index is 11.5. The SMILES string of the molecule is C=CC(=O)Nc1cc(C)c(C(=O)OCC)s1. The second kappa shape index (κ2) is 5.46. The number of carbonyl (C=O) groups is 2. The number of amides is 1. The van der Waals surface area contributed by atoms with Gasteiger partial charge < -0.3 is 10.1 Å². The van der Waals surface area contributed by atoms with Crippen molar-refractivity contribution >= 4 is 28.2 Å². The van der Waals surface area contributed by atoms with Crippen molar-refractivity contribution in [1.82, 2.24) is 0 Å². The smallest absolute Gasteiger partial charge is 0.348 e. The lowest BCUT2D eigenvalue weighted by atomic mass is 10.3. The predicted octanol–water partition coefficient (Wildman–Crippen LogP) is 2.36. The monoisotopic (exact) mass is 239 g/mol. The average molecular weight is 239 g/mol. The second-order valence-electron chi connectivity index (χ2n) is 3.04. The summed E-state index contributed by atoms with van der Waals surface area (Å²) < 4.78 is 4.89. The molecule has 0 saturated carbocycles. The fourth-order valence-corrected chi connectivity index (χ4v) is 2.08. The van der Waals surface area contributed by atoms with E-state index in [-0.39, 0.29) is 11.9 Å². The molecule has 0 saturated heterocycles. The van der Waals surface area contributed by atoms with Gasteiger partial charge in [0.2, 0.25) is 5.91 Å². The summed E-state index contributed by atoms with van der Waals surface area (Å²) in [6.45, 7) is 7.24. The van der Waals surface area contributed by atoms with E-state index in [4.69, 9.17) is 4.74 Å². The summed E-state index contributed by atoms with van der Waals surface area (Å²) in [6, 6.07) is 1.73. The Morgan fingerprint density at radius 1 is 1.62 bits per heavy atom. The Kier molecular flexibility index (Phi) is 4.25. The van der Waals surface area contributed by atoms with Crippen LogP contribution in [0.2, 0.25) is 0 Å². The van der Waals surface area contributed by atoms with Crippen LogP contribution in [0.5, 0.6) is 0 Å². The Morgan fingerprint density at radius 3 is 2.88 bits per heavy atom. The highest BCUT2D eigenvalue weighted by Crippen LogP contribution is 2.27. The van der Waals surface area contributed by atoms with Gasteiger partial charge in [-0.05, 0) is 31.6 Å². The maximum Gasteiger partial charge on any atom is 0.348 e.